The van der Waals surface area contributed by atoms with E-state index < -0.39 is 91.6 Å². The van der Waals surface area contributed by atoms with Gasteiger partial charge in [0.1, 0.15) is 33.4 Å². The van der Waals surface area contributed by atoms with E-state index in [4.69, 9.17) is 25.3 Å². The van der Waals surface area contributed by atoms with Crippen molar-refractivity contribution >= 4 is 62.8 Å². The molecule has 226 valence electrons. The van der Waals surface area contributed by atoms with Gasteiger partial charge in [-0.25, -0.2) is 9.78 Å². The molecule has 3 atom stereocenters. The summed E-state index contributed by atoms with van der Waals surface area (Å²) in [4.78, 5) is 61.8. The second kappa shape index (κ2) is 16.5. The van der Waals surface area contributed by atoms with Gasteiger partial charge in [-0.3, -0.25) is 19.4 Å². The third-order valence-electron chi connectivity index (χ3n) is 5.68. The van der Waals surface area contributed by atoms with E-state index in [1.165, 1.54) is 35.3 Å². The molecule has 41 heavy (non-hydrogen) atoms. The molecule has 12 heteroatoms. The van der Waals surface area contributed by atoms with Gasteiger partial charge in [-0.05, 0) is 31.7 Å². The van der Waals surface area contributed by atoms with Crippen LogP contribution in [0.1, 0.15) is 110 Å². The number of hydrogen-bond donors (Lipinski definition) is 2. The fourth-order valence-corrected chi connectivity index (χ4v) is 6.00. The van der Waals surface area contributed by atoms with E-state index in [0.717, 1.165) is 0 Å². The normalized spacial score (nSPS) is 31.7. The van der Waals surface area contributed by atoms with Crippen LogP contribution in [0.25, 0.3) is 0 Å². The van der Waals surface area contributed by atoms with Crippen LogP contribution in [-0.4, -0.2) is 62.1 Å². The zero-order valence-corrected chi connectivity index (χ0v) is 25.1. The third kappa shape index (κ3) is 10.6. The highest BCUT2D eigenvalue weighted by Crippen LogP contribution is 2.32. The lowest BCUT2D eigenvalue weighted by atomic mass is 10.0. The van der Waals surface area contributed by atoms with Crippen LogP contribution in [0.15, 0.2) is 22.5 Å². The lowest BCUT2D eigenvalue weighted by Gasteiger charge is -2.27. The van der Waals surface area contributed by atoms with Crippen molar-refractivity contribution in [1.82, 2.24) is 15.6 Å². The molecule has 2 amide bonds. The summed E-state index contributed by atoms with van der Waals surface area (Å²) in [5.74, 6) is -2.37. The second-order valence-electron chi connectivity index (χ2n) is 9.36. The van der Waals surface area contributed by atoms with Crippen molar-refractivity contribution in [3.05, 3.63) is 28.2 Å². The Bertz CT molecular complexity index is 1740. The van der Waals surface area contributed by atoms with Gasteiger partial charge in [0.05, 0.1) is 13.0 Å². The number of thioether (sulfide) groups is 2. The number of aromatic nitrogens is 1. The van der Waals surface area contributed by atoms with E-state index in [0.29, 0.717) is 21.5 Å². The van der Waals surface area contributed by atoms with E-state index in [1.807, 2.05) is 0 Å². The van der Waals surface area contributed by atoms with E-state index in [1.54, 1.807) is 26.2 Å². The Morgan fingerprint density at radius 1 is 1.32 bits per heavy atom. The van der Waals surface area contributed by atoms with Crippen LogP contribution in [-0.2, 0) is 30.5 Å². The van der Waals surface area contributed by atoms with Crippen molar-refractivity contribution < 1.29 is 44.5 Å². The third-order valence-corrected chi connectivity index (χ3v) is 8.61. The highest BCUT2D eigenvalue weighted by atomic mass is 32.2. The first-order valence-electron chi connectivity index (χ1n) is 20.1. The van der Waals surface area contributed by atoms with E-state index in [-0.39, 0.29) is 36.9 Å². The van der Waals surface area contributed by atoms with Gasteiger partial charge in [-0.2, -0.15) is 0 Å². The van der Waals surface area contributed by atoms with Gasteiger partial charge >= 0.3 is 5.97 Å². The Kier molecular flexibility index (Phi) is 7.15. The molecule has 0 radical (unpaired) electrons. The van der Waals surface area contributed by atoms with Gasteiger partial charge in [-0.1, -0.05) is 64.0 Å². The minimum atomic E-state index is -4.34. The molecule has 0 aromatic carbocycles. The number of carbonyl (C=O) groups is 4. The molecule has 9 nitrogen and oxygen atoms in total. The van der Waals surface area contributed by atoms with Crippen molar-refractivity contribution in [2.75, 3.05) is 11.5 Å². The molecule has 0 aliphatic carbocycles. The summed E-state index contributed by atoms with van der Waals surface area (Å²) in [5, 5.41) is 6.63. The highest BCUT2D eigenvalue weighted by Gasteiger charge is 2.41. The van der Waals surface area contributed by atoms with Gasteiger partial charge in [0.15, 0.2) is 5.12 Å². The lowest BCUT2D eigenvalue weighted by Crippen LogP contribution is -2.53. The topological polar surface area (TPSA) is 127 Å². The number of rotatable bonds is 11. The molecule has 2 aliphatic heterocycles. The smallest absolute Gasteiger partial charge is 0.329 e. The molecule has 3 heterocycles. The number of fused-ring (bicyclic) bond motifs is 4. The number of nitrogens with one attached hydrogen (secondary N) is 2. The molecule has 1 aromatic rings. The summed E-state index contributed by atoms with van der Waals surface area (Å²) in [6.07, 6.45) is -24.0. The average molecular weight is 638 g/mol. The molecule has 1 aromatic heterocycles. The summed E-state index contributed by atoms with van der Waals surface area (Å²) < 4.78 is 124. The van der Waals surface area contributed by atoms with E-state index in [2.05, 4.69) is 20.6 Å². The molecule has 0 unspecified atom stereocenters. The number of thiazole rings is 1. The SMILES string of the molecule is [2H]C([2H])([2H])C([2H])([2H])C([2H])([2H])C([2H])([2H])C([2H])([2H])C([2H])([2H])C([2H])([2H])C(=O)SCC/C=C/[C@@H]1CC(=O)NCc2nc(cs2)C2=N[C@@](C)(CS2)C(=O)N[C@@H](C(C)C)C(=O)O1. The number of allylic oxidation sites excluding steroid dienone is 1. The van der Waals surface area contributed by atoms with Crippen LogP contribution in [0.5, 0.6) is 0 Å². The number of ether oxygens (including phenoxy) is 1. The number of carbonyl (C=O) groups excluding carboxylic acids is 4. The molecule has 0 saturated heterocycles. The summed E-state index contributed by atoms with van der Waals surface area (Å²) in [6, 6.07) is -1.14. The van der Waals surface area contributed by atoms with Crippen LogP contribution in [0, 0.1) is 5.92 Å². The zero-order chi connectivity index (χ0) is 43.1. The first-order valence-corrected chi connectivity index (χ1v) is 15.4. The Balaban J connectivity index is 1.78. The molecule has 0 fully saturated rings. The minimum Gasteiger partial charge on any atom is -0.456 e. The second-order valence-corrected chi connectivity index (χ2v) is 12.3. The molecular formula is C29H42N4O5S3. The molecule has 0 saturated carbocycles. The summed E-state index contributed by atoms with van der Waals surface area (Å²) in [6.45, 7) is 1.19. The van der Waals surface area contributed by atoms with Crippen molar-refractivity contribution in [1.29, 1.82) is 0 Å². The molecule has 2 aliphatic rings. The predicted molar refractivity (Wildman–Crippen MR) is 167 cm³/mol. The maximum absolute atomic E-state index is 13.4. The van der Waals surface area contributed by atoms with Gasteiger partial charge in [0, 0.05) is 43.8 Å². The van der Waals surface area contributed by atoms with Gasteiger partial charge in [0.25, 0.3) is 0 Å². The van der Waals surface area contributed by atoms with Gasteiger partial charge in [0.2, 0.25) is 11.8 Å². The Labute approximate surface area is 276 Å². The monoisotopic (exact) mass is 637 g/mol. The Morgan fingerprint density at radius 3 is 2.90 bits per heavy atom. The standard InChI is InChI=1S/C29H42N4O5S3/c1-5-6-7-8-9-13-24(35)39-14-11-10-12-20-15-22(34)30-16-23-31-21(17-40-23)26-33-29(4,18-41-26)28(37)32-25(19(2)3)27(36)38-20/h10,12,17,19-20,25H,5-9,11,13-16,18H2,1-4H3,(H,30,34)(H,32,37)/b12-10+/t20-,25+,29+/m1/s1/i1D3,5D2,6D2,7D2,8D2,9D2,13D2. The number of amides is 2. The molecule has 2 N–H and O–H groups in total. The number of hydrogen-bond acceptors (Lipinski definition) is 10. The first-order chi connectivity index (χ1) is 25.3. The maximum Gasteiger partial charge on any atom is 0.329 e. The molecule has 4 bridgehead atoms. The largest absolute Gasteiger partial charge is 0.456 e. The number of esters is 1. The first kappa shape index (κ1) is 17.8. The Hall–Kier alpha value is -2.18. The van der Waals surface area contributed by atoms with Crippen molar-refractivity contribution in [2.24, 2.45) is 10.9 Å². The van der Waals surface area contributed by atoms with Crippen LogP contribution >= 0.6 is 34.9 Å². The summed E-state index contributed by atoms with van der Waals surface area (Å²) in [7, 11) is 0. The van der Waals surface area contributed by atoms with E-state index in [9.17, 15) is 19.2 Å². The van der Waals surface area contributed by atoms with Crippen molar-refractivity contribution in [3.63, 3.8) is 0 Å². The number of nitrogens with zero attached hydrogens (tertiary/aromatic N) is 2. The minimum absolute atomic E-state index is 0.0447. The van der Waals surface area contributed by atoms with Gasteiger partial charge < -0.3 is 15.4 Å². The van der Waals surface area contributed by atoms with Crippen LogP contribution < -0.4 is 10.6 Å². The average Bonchev–Trinajstić information content (AvgIpc) is 3.71. The van der Waals surface area contributed by atoms with Gasteiger partial charge in [-0.15, -0.1) is 23.1 Å². The molecule has 3 rings (SSSR count). The highest BCUT2D eigenvalue weighted by molar-refractivity contribution is 8.14. The molecular weight excluding hydrogens is 581 g/mol. The summed E-state index contributed by atoms with van der Waals surface area (Å²) in [5.41, 5.74) is -0.657. The van der Waals surface area contributed by atoms with E-state index >= 15 is 0 Å². The van der Waals surface area contributed by atoms with Crippen molar-refractivity contribution in [2.45, 2.75) is 103 Å². The fourth-order valence-electron chi connectivity index (χ4n) is 3.51. The Morgan fingerprint density at radius 2 is 2.12 bits per heavy atom. The quantitative estimate of drug-likeness (QED) is 0.197. The van der Waals surface area contributed by atoms with Crippen molar-refractivity contribution in [3.8, 4) is 0 Å². The number of aliphatic imine (C=N–C) groups is 1. The zero-order valence-electron chi connectivity index (χ0n) is 37.7. The van der Waals surface area contributed by atoms with Crippen LogP contribution in [0.4, 0.5) is 0 Å². The number of cyclic esters (lactones) is 1. The molecule has 0 spiro atoms. The van der Waals surface area contributed by atoms with Crippen LogP contribution in [0.3, 0.4) is 0 Å². The van der Waals surface area contributed by atoms with Crippen LogP contribution in [0.2, 0.25) is 0 Å². The lowest BCUT2D eigenvalue weighted by molar-refractivity contribution is -0.153. The maximum atomic E-state index is 13.4. The predicted octanol–water partition coefficient (Wildman–Crippen LogP) is 5.03. The summed E-state index contributed by atoms with van der Waals surface area (Å²) >= 11 is 2.77. The fraction of sp³-hybridized carbons (Fsp3) is 0.655.